The van der Waals surface area contributed by atoms with E-state index in [1.54, 1.807) is 0 Å². The van der Waals surface area contributed by atoms with Crippen LogP contribution in [0.3, 0.4) is 0 Å². The molecule has 2 fully saturated rings. The van der Waals surface area contributed by atoms with E-state index in [-0.39, 0.29) is 11.6 Å². The van der Waals surface area contributed by atoms with Gasteiger partial charge in [-0.3, -0.25) is 0 Å². The molecule has 2 aliphatic rings. The molecule has 0 unspecified atom stereocenters. The number of piperazine rings is 1. The lowest BCUT2D eigenvalue weighted by molar-refractivity contribution is 0.185. The fraction of sp³-hybridized carbons (Fsp3) is 0.550. The average molecular weight is 353 g/mol. The Bertz CT molecular complexity index is 817. The van der Waals surface area contributed by atoms with Crippen LogP contribution in [-0.4, -0.2) is 52.6 Å². The highest BCUT2D eigenvalue weighted by molar-refractivity contribution is 5.89. The number of carbonyl (C=O) groups excluding carboxylic acids is 1. The van der Waals surface area contributed by atoms with Gasteiger partial charge in [0.05, 0.1) is 5.52 Å². The van der Waals surface area contributed by atoms with Crippen LogP contribution in [0.4, 0.5) is 10.6 Å². The summed E-state index contributed by atoms with van der Waals surface area (Å²) in [7, 11) is 0. The van der Waals surface area contributed by atoms with Crippen molar-refractivity contribution in [3.05, 3.63) is 30.1 Å². The van der Waals surface area contributed by atoms with Crippen molar-refractivity contribution >= 4 is 22.8 Å². The molecule has 1 N–H and O–H groups in total. The topological polar surface area (TPSA) is 61.4 Å². The fourth-order valence-electron chi connectivity index (χ4n) is 3.36. The van der Waals surface area contributed by atoms with Crippen molar-refractivity contribution in [1.82, 2.24) is 20.2 Å². The van der Waals surface area contributed by atoms with Gasteiger partial charge in [-0.2, -0.15) is 0 Å². The van der Waals surface area contributed by atoms with Crippen molar-refractivity contribution in [2.24, 2.45) is 0 Å². The lowest BCUT2D eigenvalue weighted by Crippen LogP contribution is -2.55. The Labute approximate surface area is 154 Å². The number of urea groups is 1. The first-order valence-electron chi connectivity index (χ1n) is 9.49. The third-order valence-electron chi connectivity index (χ3n) is 4.89. The van der Waals surface area contributed by atoms with Gasteiger partial charge in [-0.1, -0.05) is 12.1 Å². The molecule has 1 saturated heterocycles. The van der Waals surface area contributed by atoms with Crippen molar-refractivity contribution in [3.8, 4) is 0 Å². The lowest BCUT2D eigenvalue weighted by atomic mass is 10.1. The highest BCUT2D eigenvalue weighted by atomic mass is 16.2. The SMILES string of the molecule is CC(C)(C)NC(=O)N1CCN(c2nc(C3CC3)nc3ccccc23)CC1. The van der Waals surface area contributed by atoms with Gasteiger partial charge in [0.25, 0.3) is 0 Å². The van der Waals surface area contributed by atoms with Gasteiger partial charge in [-0.25, -0.2) is 14.8 Å². The standard InChI is InChI=1S/C20H27N5O/c1-20(2,3)23-19(26)25-12-10-24(11-13-25)18-15-6-4-5-7-16(15)21-17(22-18)14-8-9-14/h4-7,14H,8-13H2,1-3H3,(H,23,26). The van der Waals surface area contributed by atoms with Crippen molar-refractivity contribution < 1.29 is 4.79 Å². The molecule has 0 atom stereocenters. The molecular formula is C20H27N5O. The molecular weight excluding hydrogens is 326 g/mol. The van der Waals surface area contributed by atoms with E-state index in [2.05, 4.69) is 22.3 Å². The van der Waals surface area contributed by atoms with Crippen LogP contribution in [0.15, 0.2) is 24.3 Å². The van der Waals surface area contributed by atoms with Crippen LogP contribution in [-0.2, 0) is 0 Å². The molecule has 26 heavy (non-hydrogen) atoms. The Morgan fingerprint density at radius 1 is 1.08 bits per heavy atom. The number of anilines is 1. The Hall–Kier alpha value is -2.37. The largest absolute Gasteiger partial charge is 0.352 e. The summed E-state index contributed by atoms with van der Waals surface area (Å²) in [5.74, 6) is 2.53. The number of aromatic nitrogens is 2. The monoisotopic (exact) mass is 353 g/mol. The van der Waals surface area contributed by atoms with Crippen molar-refractivity contribution in [2.45, 2.75) is 45.1 Å². The highest BCUT2D eigenvalue weighted by Crippen LogP contribution is 2.39. The predicted octanol–water partition coefficient (Wildman–Crippen LogP) is 3.14. The summed E-state index contributed by atoms with van der Waals surface area (Å²) in [6.45, 7) is 9.03. The third-order valence-corrected chi connectivity index (χ3v) is 4.89. The molecule has 0 spiro atoms. The molecule has 138 valence electrons. The zero-order valence-electron chi connectivity index (χ0n) is 15.8. The van der Waals surface area contributed by atoms with Crippen LogP contribution in [0.5, 0.6) is 0 Å². The summed E-state index contributed by atoms with van der Waals surface area (Å²) in [6.07, 6.45) is 2.39. The number of hydrogen-bond acceptors (Lipinski definition) is 4. The molecule has 1 saturated carbocycles. The Morgan fingerprint density at radius 2 is 1.77 bits per heavy atom. The maximum Gasteiger partial charge on any atom is 0.317 e. The minimum atomic E-state index is -0.212. The first kappa shape index (κ1) is 17.1. The number of nitrogens with zero attached hydrogens (tertiary/aromatic N) is 4. The lowest BCUT2D eigenvalue weighted by Gasteiger charge is -2.37. The Balaban J connectivity index is 1.53. The van der Waals surface area contributed by atoms with E-state index >= 15 is 0 Å². The number of benzene rings is 1. The number of rotatable bonds is 2. The second kappa shape index (κ2) is 6.41. The van der Waals surface area contributed by atoms with Gasteiger partial charge in [0.15, 0.2) is 0 Å². The Kier molecular flexibility index (Phi) is 4.21. The van der Waals surface area contributed by atoms with Gasteiger partial charge < -0.3 is 15.1 Å². The third kappa shape index (κ3) is 3.59. The molecule has 6 heteroatoms. The molecule has 2 heterocycles. The Morgan fingerprint density at radius 3 is 2.42 bits per heavy atom. The van der Waals surface area contributed by atoms with Crippen LogP contribution in [0, 0.1) is 0 Å². The quantitative estimate of drug-likeness (QED) is 0.901. The molecule has 2 amide bonds. The van der Waals surface area contributed by atoms with Gasteiger partial charge in [-0.15, -0.1) is 0 Å². The van der Waals surface area contributed by atoms with E-state index in [4.69, 9.17) is 9.97 Å². The average Bonchev–Trinajstić information content (AvgIpc) is 3.44. The molecule has 4 rings (SSSR count). The predicted molar refractivity (Wildman–Crippen MR) is 104 cm³/mol. The van der Waals surface area contributed by atoms with Crippen LogP contribution in [0.1, 0.15) is 45.4 Å². The number of hydrogen-bond donors (Lipinski definition) is 1. The van der Waals surface area contributed by atoms with Crippen molar-refractivity contribution in [1.29, 1.82) is 0 Å². The van der Waals surface area contributed by atoms with Crippen LogP contribution < -0.4 is 10.2 Å². The maximum atomic E-state index is 12.4. The molecule has 0 bridgehead atoms. The van der Waals surface area contributed by atoms with Gasteiger partial charge in [0.2, 0.25) is 0 Å². The van der Waals surface area contributed by atoms with Gasteiger partial charge in [0, 0.05) is 43.0 Å². The van der Waals surface area contributed by atoms with E-state index in [0.717, 1.165) is 35.6 Å². The van der Waals surface area contributed by atoms with E-state index in [1.165, 1.54) is 12.8 Å². The van der Waals surface area contributed by atoms with Gasteiger partial charge in [0.1, 0.15) is 11.6 Å². The smallest absolute Gasteiger partial charge is 0.317 e. The van der Waals surface area contributed by atoms with E-state index in [0.29, 0.717) is 19.0 Å². The molecule has 1 aliphatic carbocycles. The van der Waals surface area contributed by atoms with Crippen molar-refractivity contribution in [3.63, 3.8) is 0 Å². The summed E-state index contributed by atoms with van der Waals surface area (Å²) in [5, 5.41) is 4.15. The second-order valence-corrected chi connectivity index (χ2v) is 8.35. The first-order valence-corrected chi connectivity index (χ1v) is 9.49. The number of carbonyl (C=O) groups is 1. The summed E-state index contributed by atoms with van der Waals surface area (Å²) < 4.78 is 0. The summed E-state index contributed by atoms with van der Waals surface area (Å²) in [6, 6.07) is 8.26. The zero-order valence-corrected chi connectivity index (χ0v) is 15.8. The van der Waals surface area contributed by atoms with E-state index in [9.17, 15) is 4.79 Å². The maximum absolute atomic E-state index is 12.4. The second-order valence-electron chi connectivity index (χ2n) is 8.35. The molecule has 1 aromatic heterocycles. The molecule has 6 nitrogen and oxygen atoms in total. The van der Waals surface area contributed by atoms with Gasteiger partial charge in [-0.05, 0) is 45.7 Å². The summed E-state index contributed by atoms with van der Waals surface area (Å²) >= 11 is 0. The zero-order chi connectivity index (χ0) is 18.3. The minimum absolute atomic E-state index is 0.0170. The molecule has 2 aromatic rings. The number of fused-ring (bicyclic) bond motifs is 1. The van der Waals surface area contributed by atoms with E-state index < -0.39 is 0 Å². The van der Waals surface area contributed by atoms with Crippen LogP contribution in [0.25, 0.3) is 10.9 Å². The molecule has 1 aromatic carbocycles. The molecule has 1 aliphatic heterocycles. The van der Waals surface area contributed by atoms with Gasteiger partial charge >= 0.3 is 6.03 Å². The first-order chi connectivity index (χ1) is 12.4. The normalized spacial score (nSPS) is 18.3. The summed E-state index contributed by atoms with van der Waals surface area (Å²) in [4.78, 5) is 26.3. The fourth-order valence-corrected chi connectivity index (χ4v) is 3.36. The number of nitrogens with one attached hydrogen (secondary N) is 1. The molecule has 0 radical (unpaired) electrons. The minimum Gasteiger partial charge on any atom is -0.352 e. The van der Waals surface area contributed by atoms with E-state index in [1.807, 2.05) is 37.8 Å². The highest BCUT2D eigenvalue weighted by Gasteiger charge is 2.30. The summed E-state index contributed by atoms with van der Waals surface area (Å²) in [5.41, 5.74) is 0.809. The van der Waals surface area contributed by atoms with Crippen LogP contribution in [0.2, 0.25) is 0 Å². The number of para-hydroxylation sites is 1. The van der Waals surface area contributed by atoms with Crippen molar-refractivity contribution in [2.75, 3.05) is 31.1 Å². The number of amides is 2. The van der Waals surface area contributed by atoms with Crippen LogP contribution >= 0.6 is 0 Å².